The van der Waals surface area contributed by atoms with E-state index >= 15 is 0 Å². The maximum atomic E-state index is 11.9. The minimum Gasteiger partial charge on any atom is -0.294 e. The van der Waals surface area contributed by atoms with Crippen LogP contribution in [-0.4, -0.2) is 5.78 Å². The van der Waals surface area contributed by atoms with Crippen LogP contribution in [0.5, 0.6) is 0 Å². The second-order valence-corrected chi connectivity index (χ2v) is 5.63. The molecule has 82 valence electrons. The van der Waals surface area contributed by atoms with Crippen molar-refractivity contribution in [3.63, 3.8) is 0 Å². The molecular weight excluding hydrogens is 320 g/mol. The zero-order valence-electron chi connectivity index (χ0n) is 8.89. The highest BCUT2D eigenvalue weighted by Crippen LogP contribution is 2.22. The fourth-order valence-corrected chi connectivity index (χ4v) is 2.59. The van der Waals surface area contributed by atoms with E-state index in [2.05, 4.69) is 45.7 Å². The van der Waals surface area contributed by atoms with Crippen LogP contribution in [0.2, 0.25) is 0 Å². The SMILES string of the molecule is CCC(C)CC(=O)c1cc(Br)cc(Br)c1. The van der Waals surface area contributed by atoms with Gasteiger partial charge in [-0.15, -0.1) is 0 Å². The predicted octanol–water partition coefficient (Wildman–Crippen LogP) is 4.83. The van der Waals surface area contributed by atoms with Crippen molar-refractivity contribution < 1.29 is 4.79 Å². The van der Waals surface area contributed by atoms with E-state index in [0.29, 0.717) is 12.3 Å². The van der Waals surface area contributed by atoms with Gasteiger partial charge >= 0.3 is 0 Å². The minimum absolute atomic E-state index is 0.214. The Balaban J connectivity index is 2.82. The quantitative estimate of drug-likeness (QED) is 0.721. The first-order valence-electron chi connectivity index (χ1n) is 5.02. The number of hydrogen-bond donors (Lipinski definition) is 0. The van der Waals surface area contributed by atoms with Gasteiger partial charge in [-0.1, -0.05) is 52.1 Å². The first kappa shape index (κ1) is 12.9. The second-order valence-electron chi connectivity index (χ2n) is 3.80. The van der Waals surface area contributed by atoms with Crippen molar-refractivity contribution in [1.82, 2.24) is 0 Å². The summed E-state index contributed by atoms with van der Waals surface area (Å²) in [6.45, 7) is 4.21. The molecule has 0 spiro atoms. The number of rotatable bonds is 4. The molecule has 1 nitrogen and oxygen atoms in total. The van der Waals surface area contributed by atoms with Crippen LogP contribution in [0, 0.1) is 5.92 Å². The largest absolute Gasteiger partial charge is 0.294 e. The molecular formula is C12H14Br2O. The van der Waals surface area contributed by atoms with Gasteiger partial charge in [0.15, 0.2) is 5.78 Å². The molecule has 0 saturated carbocycles. The predicted molar refractivity (Wildman–Crippen MR) is 70.2 cm³/mol. The lowest BCUT2D eigenvalue weighted by Gasteiger charge is -2.07. The van der Waals surface area contributed by atoms with Gasteiger partial charge in [0.1, 0.15) is 0 Å². The topological polar surface area (TPSA) is 17.1 Å². The number of Topliss-reactive ketones (excluding diaryl/α,β-unsaturated/α-hetero) is 1. The van der Waals surface area contributed by atoms with E-state index in [0.717, 1.165) is 20.9 Å². The molecule has 1 rings (SSSR count). The molecule has 0 aliphatic rings. The van der Waals surface area contributed by atoms with Crippen LogP contribution in [0.4, 0.5) is 0 Å². The smallest absolute Gasteiger partial charge is 0.163 e. The average Bonchev–Trinajstić information content (AvgIpc) is 2.16. The number of carbonyl (C=O) groups excluding carboxylic acids is 1. The van der Waals surface area contributed by atoms with Crippen LogP contribution in [0.25, 0.3) is 0 Å². The van der Waals surface area contributed by atoms with E-state index in [-0.39, 0.29) is 5.78 Å². The number of benzene rings is 1. The van der Waals surface area contributed by atoms with Crippen molar-refractivity contribution >= 4 is 37.6 Å². The molecule has 0 aliphatic heterocycles. The third kappa shape index (κ3) is 4.07. The summed E-state index contributed by atoms with van der Waals surface area (Å²) >= 11 is 6.76. The summed E-state index contributed by atoms with van der Waals surface area (Å²) in [7, 11) is 0. The van der Waals surface area contributed by atoms with Gasteiger partial charge in [-0.25, -0.2) is 0 Å². The fourth-order valence-electron chi connectivity index (χ4n) is 1.29. The number of halogens is 2. The summed E-state index contributed by atoms with van der Waals surface area (Å²) in [5.41, 5.74) is 0.775. The second kappa shape index (κ2) is 5.80. The van der Waals surface area contributed by atoms with Gasteiger partial charge in [0.2, 0.25) is 0 Å². The van der Waals surface area contributed by atoms with E-state index < -0.39 is 0 Å². The van der Waals surface area contributed by atoms with Gasteiger partial charge in [0.05, 0.1) is 0 Å². The number of carbonyl (C=O) groups is 1. The fraction of sp³-hybridized carbons (Fsp3) is 0.417. The monoisotopic (exact) mass is 332 g/mol. The Labute approximate surface area is 108 Å². The Morgan fingerprint density at radius 3 is 2.27 bits per heavy atom. The van der Waals surface area contributed by atoms with Crippen molar-refractivity contribution in [3.8, 4) is 0 Å². The van der Waals surface area contributed by atoms with Gasteiger partial charge in [-0.3, -0.25) is 4.79 Å². The standard InChI is InChI=1S/C12H14Br2O/c1-3-8(2)4-12(15)9-5-10(13)7-11(14)6-9/h5-8H,3-4H2,1-2H3. The molecule has 0 saturated heterocycles. The molecule has 3 heteroatoms. The minimum atomic E-state index is 0.214. The number of hydrogen-bond acceptors (Lipinski definition) is 1. The summed E-state index contributed by atoms with van der Waals surface area (Å²) in [6.07, 6.45) is 1.67. The van der Waals surface area contributed by atoms with Crippen LogP contribution in [0.15, 0.2) is 27.1 Å². The molecule has 1 aromatic rings. The maximum absolute atomic E-state index is 11.9. The van der Waals surface area contributed by atoms with Crippen LogP contribution in [0.3, 0.4) is 0 Å². The van der Waals surface area contributed by atoms with Crippen molar-refractivity contribution in [3.05, 3.63) is 32.7 Å². The molecule has 1 atom stereocenters. The third-order valence-electron chi connectivity index (χ3n) is 2.42. The number of ketones is 1. The molecule has 0 aliphatic carbocycles. The summed E-state index contributed by atoms with van der Waals surface area (Å²) < 4.78 is 1.87. The highest BCUT2D eigenvalue weighted by atomic mass is 79.9. The van der Waals surface area contributed by atoms with Crippen LogP contribution in [-0.2, 0) is 0 Å². The summed E-state index contributed by atoms with van der Waals surface area (Å²) in [4.78, 5) is 11.9. The maximum Gasteiger partial charge on any atom is 0.163 e. The lowest BCUT2D eigenvalue weighted by Crippen LogP contribution is -2.05. The first-order chi connectivity index (χ1) is 7.02. The highest BCUT2D eigenvalue weighted by Gasteiger charge is 2.11. The molecule has 1 aromatic carbocycles. The molecule has 0 bridgehead atoms. The summed E-state index contributed by atoms with van der Waals surface area (Å²) in [6, 6.07) is 5.67. The van der Waals surface area contributed by atoms with E-state index in [1.54, 1.807) is 0 Å². The van der Waals surface area contributed by atoms with Crippen LogP contribution in [0.1, 0.15) is 37.0 Å². The van der Waals surface area contributed by atoms with Crippen molar-refractivity contribution in [2.45, 2.75) is 26.7 Å². The van der Waals surface area contributed by atoms with E-state index in [9.17, 15) is 4.79 Å². The van der Waals surface area contributed by atoms with Crippen molar-refractivity contribution in [1.29, 1.82) is 0 Å². The summed E-state index contributed by atoms with van der Waals surface area (Å²) in [5.74, 6) is 0.668. The Kier molecular flexibility index (Phi) is 5.00. The average molecular weight is 334 g/mol. The molecule has 0 fully saturated rings. The molecule has 0 N–H and O–H groups in total. The Hall–Kier alpha value is -0.150. The first-order valence-corrected chi connectivity index (χ1v) is 6.60. The van der Waals surface area contributed by atoms with Gasteiger partial charge in [0.25, 0.3) is 0 Å². The van der Waals surface area contributed by atoms with Gasteiger partial charge in [0, 0.05) is 20.9 Å². The Bertz CT molecular complexity index is 340. The van der Waals surface area contributed by atoms with Crippen LogP contribution < -0.4 is 0 Å². The van der Waals surface area contributed by atoms with E-state index in [1.807, 2.05) is 18.2 Å². The van der Waals surface area contributed by atoms with Crippen molar-refractivity contribution in [2.24, 2.45) is 5.92 Å². The molecule has 1 unspecified atom stereocenters. The summed E-state index contributed by atoms with van der Waals surface area (Å²) in [5, 5.41) is 0. The van der Waals surface area contributed by atoms with Gasteiger partial charge in [-0.2, -0.15) is 0 Å². The lowest BCUT2D eigenvalue weighted by atomic mass is 9.98. The molecule has 0 amide bonds. The normalized spacial score (nSPS) is 12.5. The Morgan fingerprint density at radius 1 is 1.27 bits per heavy atom. The molecule has 0 radical (unpaired) electrons. The van der Waals surface area contributed by atoms with E-state index in [4.69, 9.17) is 0 Å². The van der Waals surface area contributed by atoms with Gasteiger partial charge in [-0.05, 0) is 24.1 Å². The third-order valence-corrected chi connectivity index (χ3v) is 3.33. The zero-order chi connectivity index (χ0) is 11.4. The highest BCUT2D eigenvalue weighted by molar-refractivity contribution is 9.11. The van der Waals surface area contributed by atoms with E-state index in [1.165, 1.54) is 0 Å². The molecule has 15 heavy (non-hydrogen) atoms. The molecule has 0 aromatic heterocycles. The Morgan fingerprint density at radius 2 is 1.80 bits per heavy atom. The van der Waals surface area contributed by atoms with Gasteiger partial charge < -0.3 is 0 Å². The lowest BCUT2D eigenvalue weighted by molar-refractivity contribution is 0.0963. The van der Waals surface area contributed by atoms with Crippen molar-refractivity contribution in [2.75, 3.05) is 0 Å². The zero-order valence-corrected chi connectivity index (χ0v) is 12.1. The molecule has 0 heterocycles. The van der Waals surface area contributed by atoms with Crippen LogP contribution >= 0.6 is 31.9 Å².